The zero-order valence-corrected chi connectivity index (χ0v) is 11.4. The van der Waals surface area contributed by atoms with E-state index in [9.17, 15) is 19.2 Å². The first-order valence-electron chi connectivity index (χ1n) is 5.89. The number of aliphatic carboxylic acids is 1. The molecule has 1 heterocycles. The Balaban J connectivity index is 2.82. The third kappa shape index (κ3) is 3.10. The van der Waals surface area contributed by atoms with Gasteiger partial charge in [-0.2, -0.15) is 0 Å². The van der Waals surface area contributed by atoms with E-state index in [1.165, 1.54) is 7.05 Å². The molecule has 0 aromatic heterocycles. The van der Waals surface area contributed by atoms with Crippen molar-refractivity contribution in [1.29, 1.82) is 0 Å². The summed E-state index contributed by atoms with van der Waals surface area (Å²) in [6.45, 7) is 4.87. The Morgan fingerprint density at radius 3 is 2.21 bits per heavy atom. The van der Waals surface area contributed by atoms with Crippen molar-refractivity contribution in [3.8, 4) is 0 Å². The number of carbonyl (C=O) groups excluding carboxylic acids is 3. The minimum Gasteiger partial charge on any atom is -0.481 e. The summed E-state index contributed by atoms with van der Waals surface area (Å²) in [4.78, 5) is 47.0. The van der Waals surface area contributed by atoms with E-state index in [1.54, 1.807) is 20.8 Å². The van der Waals surface area contributed by atoms with E-state index < -0.39 is 41.1 Å². The molecule has 0 aliphatic carbocycles. The molecule has 106 valence electrons. The molecule has 3 amide bonds. The molecule has 1 aliphatic rings. The zero-order valence-electron chi connectivity index (χ0n) is 11.4. The second-order valence-corrected chi connectivity index (χ2v) is 5.69. The van der Waals surface area contributed by atoms with E-state index in [2.05, 4.69) is 5.32 Å². The first-order valence-corrected chi connectivity index (χ1v) is 5.89. The number of nitrogens with one attached hydrogen (secondary N) is 1. The van der Waals surface area contributed by atoms with E-state index in [1.807, 2.05) is 0 Å². The normalized spacial score (nSPS) is 21.5. The number of carboxylic acid groups (broad SMARTS) is 1. The first kappa shape index (κ1) is 15.1. The van der Waals surface area contributed by atoms with Crippen LogP contribution < -0.4 is 5.32 Å². The molecule has 7 heteroatoms. The second-order valence-electron chi connectivity index (χ2n) is 5.69. The maximum Gasteiger partial charge on any atom is 0.316 e. The fraction of sp³-hybridized carbons (Fsp3) is 0.667. The van der Waals surface area contributed by atoms with Crippen molar-refractivity contribution >= 4 is 23.7 Å². The van der Waals surface area contributed by atoms with Crippen LogP contribution in [0.4, 0.5) is 0 Å². The van der Waals surface area contributed by atoms with Gasteiger partial charge in [0.25, 0.3) is 5.91 Å². The van der Waals surface area contributed by atoms with Gasteiger partial charge in [-0.25, -0.2) is 0 Å². The number of carbonyl (C=O) groups is 4. The fourth-order valence-corrected chi connectivity index (χ4v) is 2.00. The molecule has 2 N–H and O–H groups in total. The number of likely N-dealkylation sites (tertiary alicyclic amines) is 1. The summed E-state index contributed by atoms with van der Waals surface area (Å²) in [5, 5.41) is 11.4. The van der Waals surface area contributed by atoms with E-state index in [-0.39, 0.29) is 6.42 Å². The van der Waals surface area contributed by atoms with E-state index in [0.29, 0.717) is 0 Å². The molecular weight excluding hydrogens is 252 g/mol. The van der Waals surface area contributed by atoms with Crippen LogP contribution in [0.1, 0.15) is 27.2 Å². The third-order valence-electron chi connectivity index (χ3n) is 3.07. The van der Waals surface area contributed by atoms with Crippen LogP contribution >= 0.6 is 0 Å². The van der Waals surface area contributed by atoms with Gasteiger partial charge in [-0.3, -0.25) is 24.1 Å². The fourth-order valence-electron chi connectivity index (χ4n) is 2.00. The number of hydrogen-bond donors (Lipinski definition) is 2. The molecule has 1 fully saturated rings. The lowest BCUT2D eigenvalue weighted by atomic mass is 9.80. The molecule has 19 heavy (non-hydrogen) atoms. The van der Waals surface area contributed by atoms with Gasteiger partial charge < -0.3 is 10.4 Å². The van der Waals surface area contributed by atoms with Crippen molar-refractivity contribution < 1.29 is 24.3 Å². The highest BCUT2D eigenvalue weighted by Crippen LogP contribution is 2.26. The predicted octanol–water partition coefficient (Wildman–Crippen LogP) is -0.393. The van der Waals surface area contributed by atoms with Crippen molar-refractivity contribution in [2.75, 3.05) is 7.05 Å². The van der Waals surface area contributed by atoms with Crippen LogP contribution in [0.15, 0.2) is 0 Å². The maximum atomic E-state index is 12.0. The molecule has 0 aromatic carbocycles. The molecule has 2 atom stereocenters. The van der Waals surface area contributed by atoms with Crippen molar-refractivity contribution in [1.82, 2.24) is 10.2 Å². The van der Waals surface area contributed by atoms with Crippen molar-refractivity contribution in [2.45, 2.75) is 33.2 Å². The van der Waals surface area contributed by atoms with Crippen molar-refractivity contribution in [3.05, 3.63) is 0 Å². The molecule has 1 saturated heterocycles. The zero-order chi connectivity index (χ0) is 15.0. The summed E-state index contributed by atoms with van der Waals surface area (Å²) in [7, 11) is 1.33. The Hall–Kier alpha value is -1.92. The Morgan fingerprint density at radius 2 is 1.89 bits per heavy atom. The lowest BCUT2D eigenvalue weighted by Crippen LogP contribution is -2.48. The lowest BCUT2D eigenvalue weighted by Gasteiger charge is -2.26. The summed E-state index contributed by atoms with van der Waals surface area (Å²) >= 11 is 0. The molecular formula is C12H18N2O5. The Morgan fingerprint density at radius 1 is 1.37 bits per heavy atom. The Bertz CT molecular complexity index is 438. The summed E-state index contributed by atoms with van der Waals surface area (Å²) < 4.78 is 0. The SMILES string of the molecule is CN1C(=O)CC(NC(=O)C(C(=O)O)C(C)(C)C)C1=O. The van der Waals surface area contributed by atoms with E-state index in [0.717, 1.165) is 4.90 Å². The minimum atomic E-state index is -1.28. The lowest BCUT2D eigenvalue weighted by molar-refractivity contribution is -0.152. The third-order valence-corrected chi connectivity index (χ3v) is 3.07. The molecule has 0 saturated carbocycles. The average molecular weight is 270 g/mol. The molecule has 0 bridgehead atoms. The van der Waals surface area contributed by atoms with Gasteiger partial charge in [0.2, 0.25) is 11.8 Å². The van der Waals surface area contributed by atoms with Crippen molar-refractivity contribution in [2.24, 2.45) is 11.3 Å². The topological polar surface area (TPSA) is 104 Å². The maximum absolute atomic E-state index is 12.0. The van der Waals surface area contributed by atoms with Crippen LogP contribution in [0.3, 0.4) is 0 Å². The van der Waals surface area contributed by atoms with Crippen LogP contribution in [0.25, 0.3) is 0 Å². The summed E-state index contributed by atoms with van der Waals surface area (Å²) in [6, 6.07) is -0.964. The van der Waals surface area contributed by atoms with Crippen LogP contribution in [-0.4, -0.2) is 46.8 Å². The van der Waals surface area contributed by atoms with Crippen molar-refractivity contribution in [3.63, 3.8) is 0 Å². The molecule has 0 spiro atoms. The van der Waals surface area contributed by atoms with Crippen LogP contribution in [-0.2, 0) is 19.2 Å². The molecule has 0 aromatic rings. The Labute approximate surface area is 110 Å². The highest BCUT2D eigenvalue weighted by molar-refractivity contribution is 6.08. The highest BCUT2D eigenvalue weighted by atomic mass is 16.4. The summed E-state index contributed by atoms with van der Waals surface area (Å²) in [5.74, 6) is -4.19. The molecule has 2 unspecified atom stereocenters. The average Bonchev–Trinajstić information content (AvgIpc) is 2.43. The van der Waals surface area contributed by atoms with E-state index in [4.69, 9.17) is 5.11 Å². The number of carboxylic acids is 1. The Kier molecular flexibility index (Phi) is 3.97. The van der Waals surface area contributed by atoms with E-state index >= 15 is 0 Å². The van der Waals surface area contributed by atoms with Gasteiger partial charge in [0.15, 0.2) is 0 Å². The van der Waals surface area contributed by atoms with Gasteiger partial charge in [-0.05, 0) is 5.41 Å². The molecule has 0 radical (unpaired) electrons. The van der Waals surface area contributed by atoms with Crippen LogP contribution in [0.5, 0.6) is 0 Å². The standard InChI is InChI=1S/C12H18N2O5/c1-12(2,3)8(11(18)19)9(16)13-6-5-7(15)14(4)10(6)17/h6,8H,5H2,1-4H3,(H,13,16)(H,18,19). The van der Waals surface area contributed by atoms with Gasteiger partial charge in [-0.1, -0.05) is 20.8 Å². The van der Waals surface area contributed by atoms with Gasteiger partial charge in [-0.15, -0.1) is 0 Å². The van der Waals surface area contributed by atoms with Gasteiger partial charge in [0.05, 0.1) is 6.42 Å². The number of hydrogen-bond acceptors (Lipinski definition) is 4. The number of likely N-dealkylation sites (N-methyl/N-ethyl adjacent to an activating group) is 1. The van der Waals surface area contributed by atoms with Crippen LogP contribution in [0.2, 0.25) is 0 Å². The second kappa shape index (κ2) is 4.99. The quantitative estimate of drug-likeness (QED) is 0.537. The smallest absolute Gasteiger partial charge is 0.316 e. The molecule has 1 aliphatic heterocycles. The molecule has 1 rings (SSSR count). The summed E-state index contributed by atoms with van der Waals surface area (Å²) in [6.07, 6.45) is -0.127. The minimum absolute atomic E-state index is 0.127. The summed E-state index contributed by atoms with van der Waals surface area (Å²) in [5.41, 5.74) is -0.784. The van der Waals surface area contributed by atoms with Gasteiger partial charge in [0.1, 0.15) is 12.0 Å². The largest absolute Gasteiger partial charge is 0.481 e. The van der Waals surface area contributed by atoms with Gasteiger partial charge >= 0.3 is 5.97 Å². The highest BCUT2D eigenvalue weighted by Gasteiger charge is 2.42. The molecule has 7 nitrogen and oxygen atoms in total. The predicted molar refractivity (Wildman–Crippen MR) is 64.9 cm³/mol. The number of rotatable bonds is 3. The first-order chi connectivity index (χ1) is 8.55. The number of nitrogens with zero attached hydrogens (tertiary/aromatic N) is 1. The monoisotopic (exact) mass is 270 g/mol. The van der Waals surface area contributed by atoms with Crippen LogP contribution in [0, 0.1) is 11.3 Å². The number of amides is 3. The number of imide groups is 1. The van der Waals surface area contributed by atoms with Gasteiger partial charge in [0, 0.05) is 7.05 Å².